The summed E-state index contributed by atoms with van der Waals surface area (Å²) in [7, 11) is 0. The molecule has 0 amide bonds. The molecule has 3 rings (SSSR count). The average Bonchev–Trinajstić information content (AvgIpc) is 3.10. The summed E-state index contributed by atoms with van der Waals surface area (Å²) in [5, 5.41) is 17.8. The Morgan fingerprint density at radius 1 is 1.17 bits per heavy atom. The van der Waals surface area contributed by atoms with Crippen molar-refractivity contribution < 1.29 is 14.6 Å². The van der Waals surface area contributed by atoms with E-state index in [0.717, 1.165) is 33.5 Å². The molecule has 158 valence electrons. The van der Waals surface area contributed by atoms with Gasteiger partial charge < -0.3 is 9.84 Å². The Labute approximate surface area is 177 Å². The maximum absolute atomic E-state index is 11.1. The molecule has 0 spiro atoms. The molecule has 3 aromatic rings. The molecule has 0 unspecified atom stereocenters. The van der Waals surface area contributed by atoms with Crippen LogP contribution in [0, 0.1) is 0 Å². The lowest BCUT2D eigenvalue weighted by atomic mass is 9.90. The van der Waals surface area contributed by atoms with Crippen molar-refractivity contribution in [3.05, 3.63) is 53.1 Å². The quantitative estimate of drug-likeness (QED) is 0.447. The van der Waals surface area contributed by atoms with Gasteiger partial charge in [0.2, 0.25) is 0 Å². The average molecular weight is 407 g/mol. The number of rotatable bonds is 7. The van der Waals surface area contributed by atoms with Crippen molar-refractivity contribution in [2.24, 2.45) is 0 Å². The third kappa shape index (κ3) is 4.25. The predicted molar refractivity (Wildman–Crippen MR) is 122 cm³/mol. The van der Waals surface area contributed by atoms with Crippen LogP contribution in [0.2, 0.25) is 0 Å². The summed E-state index contributed by atoms with van der Waals surface area (Å²) in [4.78, 5) is 11.1. The molecule has 0 radical (unpaired) electrons. The van der Waals surface area contributed by atoms with Crippen molar-refractivity contribution in [3.63, 3.8) is 0 Å². The first-order valence-electron chi connectivity index (χ1n) is 10.4. The summed E-state index contributed by atoms with van der Waals surface area (Å²) in [6.07, 6.45) is 1.22. The summed E-state index contributed by atoms with van der Waals surface area (Å²) in [6.45, 7) is 13.1. The van der Waals surface area contributed by atoms with E-state index in [4.69, 9.17) is 9.84 Å². The zero-order valence-corrected chi connectivity index (χ0v) is 18.5. The molecule has 0 saturated heterocycles. The van der Waals surface area contributed by atoms with Crippen molar-refractivity contribution in [2.75, 3.05) is 6.61 Å². The van der Waals surface area contributed by atoms with E-state index in [1.165, 1.54) is 17.2 Å². The second kappa shape index (κ2) is 8.74. The van der Waals surface area contributed by atoms with Gasteiger partial charge in [-0.25, -0.2) is 4.79 Å². The SMILES string of the molecule is CCOc1c(-c2n[nH]c3ccc(/C(C)=C\C(=O)O)cc23)cc(C(C)C)cc1C(C)C. The number of hydrogen-bond donors (Lipinski definition) is 2. The van der Waals surface area contributed by atoms with E-state index in [1.807, 2.05) is 25.1 Å². The number of hydrogen-bond acceptors (Lipinski definition) is 3. The van der Waals surface area contributed by atoms with E-state index in [2.05, 4.69) is 50.0 Å². The van der Waals surface area contributed by atoms with E-state index >= 15 is 0 Å². The first-order chi connectivity index (χ1) is 14.2. The Balaban J connectivity index is 2.29. The Morgan fingerprint density at radius 3 is 2.50 bits per heavy atom. The minimum absolute atomic E-state index is 0.311. The molecular weight excluding hydrogens is 376 g/mol. The van der Waals surface area contributed by atoms with Gasteiger partial charge in [-0.3, -0.25) is 5.10 Å². The van der Waals surface area contributed by atoms with Crippen LogP contribution in [0.5, 0.6) is 5.75 Å². The van der Waals surface area contributed by atoms with E-state index < -0.39 is 5.97 Å². The smallest absolute Gasteiger partial charge is 0.328 e. The Kier molecular flexibility index (Phi) is 6.30. The number of carboxylic acids is 1. The molecule has 5 nitrogen and oxygen atoms in total. The maximum Gasteiger partial charge on any atom is 0.328 e. The normalized spacial score (nSPS) is 12.2. The van der Waals surface area contributed by atoms with Gasteiger partial charge in [-0.05, 0) is 66.1 Å². The van der Waals surface area contributed by atoms with Crippen LogP contribution in [0.1, 0.15) is 70.1 Å². The van der Waals surface area contributed by atoms with Gasteiger partial charge >= 0.3 is 5.97 Å². The molecular formula is C25H30N2O3. The molecule has 2 aromatic carbocycles. The molecule has 1 aromatic heterocycles. The van der Waals surface area contributed by atoms with Gasteiger partial charge in [0.1, 0.15) is 11.4 Å². The topological polar surface area (TPSA) is 75.2 Å². The number of fused-ring (bicyclic) bond motifs is 1. The summed E-state index contributed by atoms with van der Waals surface area (Å²) >= 11 is 0. The molecule has 0 fully saturated rings. The van der Waals surface area contributed by atoms with E-state index in [1.54, 1.807) is 6.92 Å². The van der Waals surface area contributed by atoms with Gasteiger partial charge in [-0.2, -0.15) is 5.10 Å². The highest BCUT2D eigenvalue weighted by molar-refractivity contribution is 5.98. The van der Waals surface area contributed by atoms with Crippen LogP contribution in [-0.4, -0.2) is 27.9 Å². The number of benzene rings is 2. The number of carboxylic acid groups (broad SMARTS) is 1. The minimum atomic E-state index is -0.954. The predicted octanol–water partition coefficient (Wildman–Crippen LogP) is 6.36. The maximum atomic E-state index is 11.1. The van der Waals surface area contributed by atoms with Gasteiger partial charge in [0, 0.05) is 17.0 Å². The lowest BCUT2D eigenvalue weighted by Crippen LogP contribution is -2.03. The van der Waals surface area contributed by atoms with Crippen LogP contribution in [0.25, 0.3) is 27.7 Å². The van der Waals surface area contributed by atoms with Crippen LogP contribution in [-0.2, 0) is 4.79 Å². The largest absolute Gasteiger partial charge is 0.493 e. The van der Waals surface area contributed by atoms with E-state index in [-0.39, 0.29) is 0 Å². The fourth-order valence-electron chi connectivity index (χ4n) is 3.65. The molecule has 0 bridgehead atoms. The van der Waals surface area contributed by atoms with Gasteiger partial charge in [-0.1, -0.05) is 39.8 Å². The van der Waals surface area contributed by atoms with E-state index in [9.17, 15) is 4.79 Å². The number of nitrogens with zero attached hydrogens (tertiary/aromatic N) is 1. The molecule has 5 heteroatoms. The molecule has 30 heavy (non-hydrogen) atoms. The first kappa shape index (κ1) is 21.6. The summed E-state index contributed by atoms with van der Waals surface area (Å²) in [5.74, 6) is 0.599. The van der Waals surface area contributed by atoms with E-state index in [0.29, 0.717) is 24.0 Å². The van der Waals surface area contributed by atoms with Crippen molar-refractivity contribution >= 4 is 22.4 Å². The molecule has 2 N–H and O–H groups in total. The molecule has 0 atom stereocenters. The van der Waals surface area contributed by atoms with Crippen molar-refractivity contribution in [3.8, 4) is 17.0 Å². The zero-order valence-electron chi connectivity index (χ0n) is 18.5. The third-order valence-corrected chi connectivity index (χ3v) is 5.33. The number of aromatic nitrogens is 2. The molecule has 0 aliphatic carbocycles. The summed E-state index contributed by atoms with van der Waals surface area (Å²) in [5.41, 5.74) is 6.66. The number of aromatic amines is 1. The van der Waals surface area contributed by atoms with Crippen molar-refractivity contribution in [1.82, 2.24) is 10.2 Å². The highest BCUT2D eigenvalue weighted by Crippen LogP contribution is 2.41. The van der Waals surface area contributed by atoms with Gasteiger partial charge in [-0.15, -0.1) is 0 Å². The monoisotopic (exact) mass is 406 g/mol. The van der Waals surface area contributed by atoms with Crippen LogP contribution in [0.15, 0.2) is 36.4 Å². The number of aliphatic carboxylic acids is 1. The molecule has 0 saturated carbocycles. The zero-order chi connectivity index (χ0) is 22.0. The minimum Gasteiger partial charge on any atom is -0.493 e. The number of allylic oxidation sites excluding steroid dienone is 1. The van der Waals surface area contributed by atoms with Gasteiger partial charge in [0.05, 0.1) is 12.1 Å². The van der Waals surface area contributed by atoms with Crippen molar-refractivity contribution in [2.45, 2.75) is 53.4 Å². The fraction of sp³-hybridized carbons (Fsp3) is 0.360. The van der Waals surface area contributed by atoms with Crippen molar-refractivity contribution in [1.29, 1.82) is 0 Å². The standard InChI is InChI=1S/C25H30N2O3/c1-7-30-25-19(15(4)5)12-18(14(2)3)13-21(25)24-20-11-17(16(6)10-23(28)29)8-9-22(20)26-27-24/h8-15H,7H2,1-6H3,(H,26,27)(H,28,29)/b16-10-. The third-order valence-electron chi connectivity index (χ3n) is 5.33. The number of H-pyrrole nitrogens is 1. The fourth-order valence-corrected chi connectivity index (χ4v) is 3.65. The summed E-state index contributed by atoms with van der Waals surface area (Å²) < 4.78 is 6.12. The molecule has 0 aliphatic rings. The lowest BCUT2D eigenvalue weighted by molar-refractivity contribution is -0.131. The Bertz CT molecular complexity index is 1110. The molecule has 1 heterocycles. The first-order valence-corrected chi connectivity index (χ1v) is 10.4. The number of carbonyl (C=O) groups is 1. The van der Waals surface area contributed by atoms with Crippen LogP contribution >= 0.6 is 0 Å². The number of nitrogens with one attached hydrogen (secondary N) is 1. The van der Waals surface area contributed by atoms with Crippen LogP contribution < -0.4 is 4.74 Å². The van der Waals surface area contributed by atoms with Gasteiger partial charge in [0.25, 0.3) is 0 Å². The van der Waals surface area contributed by atoms with Crippen LogP contribution in [0.4, 0.5) is 0 Å². The lowest BCUT2D eigenvalue weighted by Gasteiger charge is -2.20. The second-order valence-electron chi connectivity index (χ2n) is 8.23. The van der Waals surface area contributed by atoms with Gasteiger partial charge in [0.15, 0.2) is 0 Å². The summed E-state index contributed by atoms with van der Waals surface area (Å²) in [6, 6.07) is 10.3. The Hall–Kier alpha value is -3.08. The number of ether oxygens (including phenoxy) is 1. The highest BCUT2D eigenvalue weighted by Gasteiger charge is 2.21. The molecule has 0 aliphatic heterocycles. The Morgan fingerprint density at radius 2 is 1.90 bits per heavy atom. The highest BCUT2D eigenvalue weighted by atomic mass is 16.5. The second-order valence-corrected chi connectivity index (χ2v) is 8.23. The van der Waals surface area contributed by atoms with Crippen LogP contribution in [0.3, 0.4) is 0 Å².